The van der Waals surface area contributed by atoms with Crippen molar-refractivity contribution in [2.45, 2.75) is 20.0 Å². The van der Waals surface area contributed by atoms with Crippen molar-refractivity contribution in [1.29, 1.82) is 0 Å². The Bertz CT molecular complexity index is 1400. The lowest BCUT2D eigenvalue weighted by Crippen LogP contribution is -2.21. The third-order valence-corrected chi connectivity index (χ3v) is 5.31. The van der Waals surface area contributed by atoms with Crippen LogP contribution in [-0.4, -0.2) is 24.5 Å². The molecule has 31 heavy (non-hydrogen) atoms. The second-order valence-corrected chi connectivity index (χ2v) is 7.67. The second kappa shape index (κ2) is 7.99. The molecule has 152 valence electrons. The molecule has 0 aliphatic carbocycles. The Labute approximate surface area is 179 Å². The van der Waals surface area contributed by atoms with Crippen molar-refractivity contribution in [2.75, 3.05) is 0 Å². The molecule has 2 aromatic heterocycles. The number of hydrogen-bond acceptors (Lipinski definition) is 4. The number of hydrogen-bond donors (Lipinski definition) is 0. The number of aromatic nitrogens is 5. The molecule has 0 N–H and O–H groups in total. The maximum Gasteiger partial charge on any atom is 0.261 e. The summed E-state index contributed by atoms with van der Waals surface area (Å²) in [6.45, 7) is 3.02. The molecule has 0 spiro atoms. The molecular weight excluding hydrogens is 386 g/mol. The summed E-state index contributed by atoms with van der Waals surface area (Å²) >= 11 is 0. The van der Waals surface area contributed by atoms with Gasteiger partial charge in [0, 0.05) is 0 Å². The molecule has 0 amide bonds. The fourth-order valence-electron chi connectivity index (χ4n) is 3.63. The molecule has 2 heterocycles. The minimum Gasteiger partial charge on any atom is -0.293 e. The molecule has 0 aliphatic heterocycles. The topological polar surface area (TPSA) is 65.6 Å². The van der Waals surface area contributed by atoms with Gasteiger partial charge in [-0.3, -0.25) is 9.36 Å². The molecule has 0 radical (unpaired) electrons. The third-order valence-electron chi connectivity index (χ3n) is 5.31. The van der Waals surface area contributed by atoms with Gasteiger partial charge in [0.05, 0.1) is 36.5 Å². The predicted molar refractivity (Wildman–Crippen MR) is 121 cm³/mol. The number of fused-ring (bicyclic) bond motifs is 1. The first-order valence-corrected chi connectivity index (χ1v) is 10.1. The summed E-state index contributed by atoms with van der Waals surface area (Å²) in [7, 11) is 0. The molecule has 0 unspecified atom stereocenters. The van der Waals surface area contributed by atoms with Gasteiger partial charge in [0.2, 0.25) is 0 Å². The van der Waals surface area contributed by atoms with Crippen LogP contribution >= 0.6 is 0 Å². The van der Waals surface area contributed by atoms with E-state index in [1.54, 1.807) is 15.6 Å². The van der Waals surface area contributed by atoms with E-state index in [2.05, 4.69) is 46.5 Å². The van der Waals surface area contributed by atoms with Crippen LogP contribution in [0.1, 0.15) is 16.8 Å². The van der Waals surface area contributed by atoms with E-state index in [1.165, 1.54) is 5.56 Å². The zero-order chi connectivity index (χ0) is 21.2. The van der Waals surface area contributed by atoms with Gasteiger partial charge in [-0.2, -0.15) is 0 Å². The average molecular weight is 407 g/mol. The van der Waals surface area contributed by atoms with Gasteiger partial charge in [0.25, 0.3) is 5.56 Å². The molecule has 5 aromatic rings. The molecule has 0 saturated heterocycles. The molecule has 6 nitrogen and oxygen atoms in total. The van der Waals surface area contributed by atoms with Gasteiger partial charge in [-0.25, -0.2) is 9.67 Å². The largest absolute Gasteiger partial charge is 0.293 e. The molecule has 0 fully saturated rings. The lowest BCUT2D eigenvalue weighted by Gasteiger charge is -2.07. The normalized spacial score (nSPS) is 11.1. The third kappa shape index (κ3) is 4.00. The number of benzene rings is 3. The minimum absolute atomic E-state index is 0.0865. The molecule has 0 bridgehead atoms. The highest BCUT2D eigenvalue weighted by molar-refractivity contribution is 5.83. The van der Waals surface area contributed by atoms with E-state index in [4.69, 9.17) is 0 Å². The molecule has 0 saturated carbocycles. The van der Waals surface area contributed by atoms with Gasteiger partial charge in [-0.15, -0.1) is 5.10 Å². The molecular formula is C25H21N5O. The van der Waals surface area contributed by atoms with Crippen molar-refractivity contribution in [3.63, 3.8) is 0 Å². The number of aryl methyl sites for hydroxylation is 1. The van der Waals surface area contributed by atoms with Gasteiger partial charge in [0.1, 0.15) is 5.69 Å². The van der Waals surface area contributed by atoms with Gasteiger partial charge < -0.3 is 0 Å². The number of rotatable bonds is 5. The quantitative estimate of drug-likeness (QED) is 0.441. The van der Waals surface area contributed by atoms with Crippen molar-refractivity contribution in [3.05, 3.63) is 112 Å². The molecule has 5 rings (SSSR count). The first-order valence-electron chi connectivity index (χ1n) is 10.1. The summed E-state index contributed by atoms with van der Waals surface area (Å²) in [6.07, 6.45) is 3.44. The monoisotopic (exact) mass is 407 g/mol. The van der Waals surface area contributed by atoms with Gasteiger partial charge in [-0.05, 0) is 35.7 Å². The summed E-state index contributed by atoms with van der Waals surface area (Å²) in [5, 5.41) is 9.01. The van der Waals surface area contributed by atoms with Gasteiger partial charge >= 0.3 is 0 Å². The highest BCUT2D eigenvalue weighted by atomic mass is 16.1. The summed E-state index contributed by atoms with van der Waals surface area (Å²) in [5.41, 5.74) is 5.74. The lowest BCUT2D eigenvalue weighted by atomic mass is 10.0. The minimum atomic E-state index is -0.0865. The summed E-state index contributed by atoms with van der Waals surface area (Å²) in [6, 6.07) is 24.2. The van der Waals surface area contributed by atoms with E-state index in [1.807, 2.05) is 54.7 Å². The Balaban J connectivity index is 1.43. The average Bonchev–Trinajstić information content (AvgIpc) is 3.23. The van der Waals surface area contributed by atoms with Gasteiger partial charge in [0.15, 0.2) is 0 Å². The first-order chi connectivity index (χ1) is 15.2. The summed E-state index contributed by atoms with van der Waals surface area (Å²) < 4.78 is 3.36. The molecule has 3 aromatic carbocycles. The Morgan fingerprint density at radius 1 is 0.871 bits per heavy atom. The van der Waals surface area contributed by atoms with Crippen LogP contribution in [0.3, 0.4) is 0 Å². The first kappa shape index (κ1) is 18.9. The van der Waals surface area contributed by atoms with Crippen LogP contribution in [-0.2, 0) is 13.1 Å². The SMILES string of the molecule is Cc1ccc(-c2ccc3ncn(Cc4cn(Cc5ccccc5)nn4)c(=O)c3c2)cc1. The van der Waals surface area contributed by atoms with Crippen LogP contribution < -0.4 is 5.56 Å². The van der Waals surface area contributed by atoms with E-state index in [0.29, 0.717) is 29.7 Å². The second-order valence-electron chi connectivity index (χ2n) is 7.67. The standard InChI is InChI=1S/C25H21N5O/c1-18-7-9-20(10-8-18)21-11-12-24-23(13-21)25(31)29(17-26-24)15-22-16-30(28-27-22)14-19-5-3-2-4-6-19/h2-13,16-17H,14-15H2,1H3. The lowest BCUT2D eigenvalue weighted by molar-refractivity contribution is 0.648. The Hall–Kier alpha value is -4.06. The van der Waals surface area contributed by atoms with Crippen LogP contribution in [0, 0.1) is 6.92 Å². The Kier molecular flexibility index (Phi) is 4.88. The van der Waals surface area contributed by atoms with E-state index in [0.717, 1.165) is 16.7 Å². The summed E-state index contributed by atoms with van der Waals surface area (Å²) in [4.78, 5) is 17.6. The van der Waals surface area contributed by atoms with Crippen LogP contribution in [0.5, 0.6) is 0 Å². The Morgan fingerprint density at radius 3 is 2.45 bits per heavy atom. The highest BCUT2D eigenvalue weighted by Gasteiger charge is 2.09. The van der Waals surface area contributed by atoms with Crippen LogP contribution in [0.15, 0.2) is 90.1 Å². The van der Waals surface area contributed by atoms with Crippen molar-refractivity contribution in [2.24, 2.45) is 0 Å². The smallest absolute Gasteiger partial charge is 0.261 e. The van der Waals surface area contributed by atoms with Crippen molar-refractivity contribution in [3.8, 4) is 11.1 Å². The maximum absolute atomic E-state index is 13.1. The van der Waals surface area contributed by atoms with E-state index >= 15 is 0 Å². The van der Waals surface area contributed by atoms with Crippen molar-refractivity contribution in [1.82, 2.24) is 24.5 Å². The highest BCUT2D eigenvalue weighted by Crippen LogP contribution is 2.22. The Morgan fingerprint density at radius 2 is 1.65 bits per heavy atom. The molecule has 0 atom stereocenters. The van der Waals surface area contributed by atoms with Crippen molar-refractivity contribution >= 4 is 10.9 Å². The van der Waals surface area contributed by atoms with Crippen molar-refractivity contribution < 1.29 is 0 Å². The van der Waals surface area contributed by atoms with E-state index < -0.39 is 0 Å². The number of nitrogens with zero attached hydrogens (tertiary/aromatic N) is 5. The molecule has 6 heteroatoms. The van der Waals surface area contributed by atoms with Crippen LogP contribution in [0.4, 0.5) is 0 Å². The zero-order valence-electron chi connectivity index (χ0n) is 17.1. The fourth-order valence-corrected chi connectivity index (χ4v) is 3.63. The van der Waals surface area contributed by atoms with Crippen LogP contribution in [0.2, 0.25) is 0 Å². The predicted octanol–water partition coefficient (Wildman–Crippen LogP) is 4.06. The van der Waals surface area contributed by atoms with E-state index in [-0.39, 0.29) is 5.56 Å². The zero-order valence-corrected chi connectivity index (χ0v) is 17.1. The maximum atomic E-state index is 13.1. The van der Waals surface area contributed by atoms with Gasteiger partial charge in [-0.1, -0.05) is 71.4 Å². The van der Waals surface area contributed by atoms with E-state index in [9.17, 15) is 4.79 Å². The molecule has 0 aliphatic rings. The summed E-state index contributed by atoms with van der Waals surface area (Å²) in [5.74, 6) is 0. The van der Waals surface area contributed by atoms with Crippen LogP contribution in [0.25, 0.3) is 22.0 Å². The fraction of sp³-hybridized carbons (Fsp3) is 0.120.